The summed E-state index contributed by atoms with van der Waals surface area (Å²) in [4.78, 5) is 4.89. The highest BCUT2D eigenvalue weighted by Gasteiger charge is 2.31. The zero-order valence-corrected chi connectivity index (χ0v) is 43.7. The van der Waals surface area contributed by atoms with E-state index in [1.165, 1.54) is 36.4 Å². The molecule has 1 aliphatic heterocycles. The highest BCUT2D eigenvalue weighted by molar-refractivity contribution is 6.09. The van der Waals surface area contributed by atoms with E-state index in [-0.39, 0.29) is 38.8 Å². The maximum absolute atomic E-state index is 8.87. The number of para-hydroxylation sites is 1. The predicted molar refractivity (Wildman–Crippen MR) is 319 cm³/mol. The van der Waals surface area contributed by atoms with Gasteiger partial charge in [0.05, 0.1) is 33.4 Å². The Morgan fingerprint density at radius 3 is 1.70 bits per heavy atom. The van der Waals surface area contributed by atoms with Crippen LogP contribution in [-0.4, -0.2) is 14.1 Å². The van der Waals surface area contributed by atoms with Crippen LogP contribution in [0.5, 0.6) is 11.5 Å². The number of rotatable bonds is 6. The Morgan fingerprint density at radius 2 is 1.05 bits per heavy atom. The van der Waals surface area contributed by atoms with Gasteiger partial charge in [-0.2, -0.15) is 0 Å². The van der Waals surface area contributed by atoms with Crippen molar-refractivity contribution in [3.63, 3.8) is 0 Å². The fourth-order valence-corrected chi connectivity index (χ4v) is 11.5. The van der Waals surface area contributed by atoms with E-state index < -0.39 is 32.8 Å². The average molecular weight is 1010 g/mol. The molecule has 5 heteroatoms. The highest BCUT2D eigenvalue weighted by Crippen LogP contribution is 2.48. The van der Waals surface area contributed by atoms with E-state index in [0.29, 0.717) is 56.2 Å². The molecule has 0 unspecified atom stereocenters. The number of ether oxygens (including phenoxy) is 1. The number of fused-ring (bicyclic) bond motifs is 10. The van der Waals surface area contributed by atoms with Gasteiger partial charge < -0.3 is 4.74 Å². The molecule has 0 aliphatic carbocycles. The topological polar surface area (TPSA) is 35.9 Å². The molecule has 0 amide bonds. The maximum Gasteiger partial charge on any atom is 0.269 e. The lowest BCUT2D eigenvalue weighted by Gasteiger charge is -2.28. The van der Waals surface area contributed by atoms with Crippen LogP contribution in [0.15, 0.2) is 194 Å². The molecular formula is C72H62N4O. The summed E-state index contributed by atoms with van der Waals surface area (Å²) in [5.41, 5.74) is 10.1. The van der Waals surface area contributed by atoms with Crippen LogP contribution in [0.3, 0.4) is 0 Å². The molecule has 0 fully saturated rings. The third-order valence-corrected chi connectivity index (χ3v) is 15.1. The number of aromatic nitrogens is 4. The molecule has 4 heterocycles. The number of hydrogen-bond donors (Lipinski definition) is 0. The second kappa shape index (κ2) is 17.9. The van der Waals surface area contributed by atoms with E-state index in [1.807, 2.05) is 143 Å². The van der Waals surface area contributed by atoms with Crippen LogP contribution < -0.4 is 9.30 Å². The molecule has 5 nitrogen and oxygen atoms in total. The van der Waals surface area contributed by atoms with Gasteiger partial charge in [-0.05, 0) is 188 Å². The van der Waals surface area contributed by atoms with Gasteiger partial charge in [0.15, 0.2) is 0 Å². The zero-order valence-electron chi connectivity index (χ0n) is 55.7. The Kier molecular flexibility index (Phi) is 8.43. The van der Waals surface area contributed by atoms with Gasteiger partial charge in [0.2, 0.25) is 0 Å². The minimum atomic E-state index is -2.73. The SMILES string of the molecule is [2H]C([2H])([2H])c1cccc(C([2H])([2H])[2H])c1-c1cc2c(c(C(C)(C)C)c1)-[n+]1[c-]n(-c3cccc(Oc4ccc5c6ccccc6n(-c6cc(C(C)(C)C)ccn6)c5c4)c3)c3cc(-c4c(C([2H])([2H])[2H])cccc4C([2H])([2H])[2H])cc(c31)-c1ccccc1-c1ccccc1-2. The molecule has 0 saturated heterocycles. The molecule has 1 aliphatic rings. The standard InChI is InChI=1S/C72H62N4O/c1-44-20-17-21-45(2)67(44)48-36-60-56-28-13-11-26-54(56)55-27-12-14-29-57(55)61-37-49(68-46(3)22-18-23-47(68)4)39-65-70(61)75(69(60)62(38-48)72(8,9)10)43-74(65)51-24-19-25-52(41-51)77-53-32-33-59-58-30-15-16-31-63(58)76(64(59)42-53)66-40-50(34-35-73-66)71(5,6)7/h11-42H,1-10H3/i1D3,2D3,3D3,4D3. The molecule has 3 aromatic heterocycles. The fourth-order valence-electron chi connectivity index (χ4n) is 11.5. The van der Waals surface area contributed by atoms with Gasteiger partial charge in [0.1, 0.15) is 17.3 Å². The summed E-state index contributed by atoms with van der Waals surface area (Å²) in [6, 6.07) is 58.2. The van der Waals surface area contributed by atoms with Crippen LogP contribution >= 0.6 is 0 Å². The largest absolute Gasteiger partial charge is 0.458 e. The quantitative estimate of drug-likeness (QED) is 0.123. The van der Waals surface area contributed by atoms with Crippen LogP contribution in [-0.2, 0) is 10.8 Å². The summed E-state index contributed by atoms with van der Waals surface area (Å²) in [5.74, 6) is 1.81. The summed E-state index contributed by atoms with van der Waals surface area (Å²) < 4.78 is 119. The van der Waals surface area contributed by atoms with E-state index >= 15 is 0 Å². The van der Waals surface area contributed by atoms with Crippen molar-refractivity contribution in [2.75, 3.05) is 0 Å². The lowest BCUT2D eigenvalue weighted by atomic mass is 9.79. The molecule has 0 radical (unpaired) electrons. The molecule has 0 saturated carbocycles. The Bertz CT molecular complexity index is 4790. The summed E-state index contributed by atoms with van der Waals surface area (Å²) in [6.45, 7) is 1.85. The van der Waals surface area contributed by atoms with Gasteiger partial charge in [-0.25, -0.2) is 4.98 Å². The van der Waals surface area contributed by atoms with Gasteiger partial charge in [-0.3, -0.25) is 13.7 Å². The Morgan fingerprint density at radius 1 is 0.481 bits per heavy atom. The second-order valence-electron chi connectivity index (χ2n) is 22.2. The van der Waals surface area contributed by atoms with Crippen LogP contribution in [0.4, 0.5) is 0 Å². The van der Waals surface area contributed by atoms with E-state index in [1.54, 1.807) is 0 Å². The summed E-state index contributed by atoms with van der Waals surface area (Å²) in [5, 5.41) is 2.09. The van der Waals surface area contributed by atoms with Crippen molar-refractivity contribution in [2.24, 2.45) is 0 Å². The average Bonchev–Trinajstić information content (AvgIpc) is 1.63. The number of aryl methyl sites for hydroxylation is 4. The molecule has 77 heavy (non-hydrogen) atoms. The molecular weight excluding hydrogens is 937 g/mol. The number of hydrogen-bond acceptors (Lipinski definition) is 2. The van der Waals surface area contributed by atoms with Crippen LogP contribution in [0, 0.1) is 33.7 Å². The first-order valence-electron chi connectivity index (χ1n) is 31.9. The van der Waals surface area contributed by atoms with Crippen molar-refractivity contribution >= 4 is 32.8 Å². The predicted octanol–water partition coefficient (Wildman–Crippen LogP) is 18.5. The lowest BCUT2D eigenvalue weighted by Crippen LogP contribution is -2.35. The molecule has 376 valence electrons. The number of benzene rings is 9. The molecule has 9 aromatic carbocycles. The van der Waals surface area contributed by atoms with Crippen LogP contribution in [0.2, 0.25) is 0 Å². The maximum atomic E-state index is 8.87. The first-order valence-corrected chi connectivity index (χ1v) is 25.9. The first kappa shape index (κ1) is 36.2. The number of pyridine rings is 1. The minimum Gasteiger partial charge on any atom is -0.458 e. The van der Waals surface area contributed by atoms with Gasteiger partial charge in [-0.1, -0.05) is 163 Å². The van der Waals surface area contributed by atoms with Crippen molar-refractivity contribution in [2.45, 2.75) is 79.8 Å². The summed E-state index contributed by atoms with van der Waals surface area (Å²) in [6.07, 6.45) is 5.66. The third kappa shape index (κ3) is 7.98. The third-order valence-electron chi connectivity index (χ3n) is 15.1. The normalized spacial score (nSPS) is 15.2. The van der Waals surface area contributed by atoms with Crippen molar-refractivity contribution in [1.82, 2.24) is 14.1 Å². The van der Waals surface area contributed by atoms with Crippen molar-refractivity contribution in [3.8, 4) is 84.3 Å². The zero-order chi connectivity index (χ0) is 63.1. The summed E-state index contributed by atoms with van der Waals surface area (Å²) >= 11 is 0. The molecule has 12 aromatic rings. The van der Waals surface area contributed by atoms with Gasteiger partial charge in [-0.15, -0.1) is 0 Å². The molecule has 0 atom stereocenters. The smallest absolute Gasteiger partial charge is 0.269 e. The molecule has 13 rings (SSSR count). The monoisotopic (exact) mass is 1010 g/mol. The van der Waals surface area contributed by atoms with Gasteiger partial charge in [0, 0.05) is 39.5 Å². The van der Waals surface area contributed by atoms with E-state index in [0.717, 1.165) is 61.0 Å². The number of imidazole rings is 1. The first-order chi connectivity index (χ1) is 41.9. The fraction of sp³-hybridized carbons (Fsp3) is 0.167. The van der Waals surface area contributed by atoms with Crippen molar-refractivity contribution < 1.29 is 25.8 Å². The van der Waals surface area contributed by atoms with Gasteiger partial charge in [0.25, 0.3) is 6.33 Å². The second-order valence-corrected chi connectivity index (χ2v) is 22.2. The molecule has 0 bridgehead atoms. The van der Waals surface area contributed by atoms with Crippen LogP contribution in [0.25, 0.3) is 106 Å². The molecule has 0 spiro atoms. The Hall–Kier alpha value is -8.80. The lowest BCUT2D eigenvalue weighted by molar-refractivity contribution is -0.572. The van der Waals surface area contributed by atoms with Gasteiger partial charge >= 0.3 is 0 Å². The van der Waals surface area contributed by atoms with E-state index in [9.17, 15) is 0 Å². The minimum absolute atomic E-state index is 0.0614. The van der Waals surface area contributed by atoms with Crippen LogP contribution in [0.1, 0.15) is 91.4 Å². The van der Waals surface area contributed by atoms with Crippen molar-refractivity contribution in [1.29, 1.82) is 0 Å². The Labute approximate surface area is 469 Å². The van der Waals surface area contributed by atoms with E-state index in [2.05, 4.69) is 76.7 Å². The number of nitrogens with zero attached hydrogens (tertiary/aromatic N) is 4. The van der Waals surface area contributed by atoms with Crippen molar-refractivity contribution in [3.05, 3.63) is 234 Å². The Balaban J connectivity index is 1.12. The summed E-state index contributed by atoms with van der Waals surface area (Å²) in [7, 11) is 0. The molecule has 0 N–H and O–H groups in total. The highest BCUT2D eigenvalue weighted by atomic mass is 16.5. The van der Waals surface area contributed by atoms with E-state index in [4.69, 9.17) is 26.2 Å².